The van der Waals surface area contributed by atoms with Gasteiger partial charge in [-0.2, -0.15) is 0 Å². The van der Waals surface area contributed by atoms with Gasteiger partial charge in [-0.1, -0.05) is 84.9 Å². The SMILES string of the molecule is CC(=O)O[C@H]1CC(C)(C)C(=CCC(C)C/C=C/C(C)CC/C=C/C(C)CC/C=C(\C)C(=O)C[C@@]23O[C@]2(C)C[C@@H](O)CC3(C)C)[C@](C)(O)C1. The van der Waals surface area contributed by atoms with Crippen LogP contribution in [-0.4, -0.2) is 51.0 Å². The third-order valence-corrected chi connectivity index (χ3v) is 11.6. The maximum absolute atomic E-state index is 13.1. The third kappa shape index (κ3) is 10.3. The molecule has 272 valence electrons. The molecule has 3 fully saturated rings. The molecule has 2 aliphatic carbocycles. The molecule has 0 amide bonds. The van der Waals surface area contributed by atoms with E-state index in [0.29, 0.717) is 43.4 Å². The van der Waals surface area contributed by atoms with Gasteiger partial charge >= 0.3 is 5.97 Å². The molecule has 0 aromatic carbocycles. The molecule has 1 heterocycles. The first-order chi connectivity index (χ1) is 22.1. The van der Waals surface area contributed by atoms with Crippen LogP contribution < -0.4 is 0 Å². The maximum atomic E-state index is 13.1. The van der Waals surface area contributed by atoms with Crippen LogP contribution in [0.1, 0.15) is 147 Å². The lowest BCUT2D eigenvalue weighted by atomic mass is 9.61. The largest absolute Gasteiger partial charge is 0.462 e. The standard InChI is InChI=1S/C42H68O6/c1-29(18-14-19-31(3)22-23-37-38(6,7)26-35(47-33(5)43)27-40(37,10)46)16-12-13-17-30(2)20-15-21-32(4)36(45)28-42-39(8,9)24-34(44)25-41(42,11)48-42/h13-14,17-18,21,23,29-31,34-35,44,46H,12,15-16,19-20,22,24-28H2,1-11H3/b17-13+,18-14+,32-21+,37-23?/t29?,30?,31?,34-,35-,40+,41+,42-/m0/s1. The highest BCUT2D eigenvalue weighted by Gasteiger charge is 2.76. The number of Topliss-reactive ketones (excluding diaryl/α,β-unsaturated/α-hetero) is 1. The second-order valence-corrected chi connectivity index (χ2v) is 17.6. The Kier molecular flexibility index (Phi) is 13.4. The Balaban J connectivity index is 1.35. The van der Waals surface area contributed by atoms with E-state index in [2.05, 4.69) is 84.9 Å². The zero-order valence-corrected chi connectivity index (χ0v) is 32.2. The van der Waals surface area contributed by atoms with Gasteiger partial charge in [-0.05, 0) is 112 Å². The number of ether oxygens (including phenoxy) is 2. The first-order valence-electron chi connectivity index (χ1n) is 18.7. The van der Waals surface area contributed by atoms with Crippen LogP contribution in [0, 0.1) is 28.6 Å². The van der Waals surface area contributed by atoms with Crippen LogP contribution >= 0.6 is 0 Å². The molecule has 2 saturated carbocycles. The van der Waals surface area contributed by atoms with Crippen LogP contribution in [0.25, 0.3) is 0 Å². The van der Waals surface area contributed by atoms with E-state index in [0.717, 1.165) is 56.1 Å². The van der Waals surface area contributed by atoms with Gasteiger partial charge in [0.2, 0.25) is 0 Å². The zero-order valence-electron chi connectivity index (χ0n) is 32.2. The lowest BCUT2D eigenvalue weighted by Gasteiger charge is -2.46. The van der Waals surface area contributed by atoms with Crippen molar-refractivity contribution in [3.63, 3.8) is 0 Å². The molecule has 3 unspecified atom stereocenters. The van der Waals surface area contributed by atoms with Crippen molar-refractivity contribution in [2.75, 3.05) is 0 Å². The van der Waals surface area contributed by atoms with E-state index < -0.39 is 16.8 Å². The lowest BCUT2D eigenvalue weighted by molar-refractivity contribution is -0.152. The van der Waals surface area contributed by atoms with Crippen molar-refractivity contribution >= 4 is 11.8 Å². The molecule has 6 heteroatoms. The van der Waals surface area contributed by atoms with Crippen molar-refractivity contribution in [1.82, 2.24) is 0 Å². The van der Waals surface area contributed by atoms with E-state index in [-0.39, 0.29) is 34.8 Å². The maximum Gasteiger partial charge on any atom is 0.302 e. The van der Waals surface area contributed by atoms with Crippen molar-refractivity contribution in [1.29, 1.82) is 0 Å². The molecule has 1 aliphatic heterocycles. The van der Waals surface area contributed by atoms with Crippen LogP contribution in [0.5, 0.6) is 0 Å². The first-order valence-corrected chi connectivity index (χ1v) is 18.7. The Labute approximate surface area is 292 Å². The molecule has 3 aliphatic rings. The summed E-state index contributed by atoms with van der Waals surface area (Å²) in [5.74, 6) is 1.32. The molecule has 0 aromatic heterocycles. The number of rotatable bonds is 16. The van der Waals surface area contributed by atoms with Crippen molar-refractivity contribution in [3.05, 3.63) is 47.6 Å². The molecule has 8 atom stereocenters. The summed E-state index contributed by atoms with van der Waals surface area (Å²) in [4.78, 5) is 24.6. The van der Waals surface area contributed by atoms with Crippen molar-refractivity contribution in [3.8, 4) is 0 Å². The average molecular weight is 669 g/mol. The fourth-order valence-electron chi connectivity index (χ4n) is 8.89. The summed E-state index contributed by atoms with van der Waals surface area (Å²) in [5, 5.41) is 21.5. The summed E-state index contributed by atoms with van der Waals surface area (Å²) in [6.45, 7) is 22.6. The van der Waals surface area contributed by atoms with Gasteiger partial charge in [-0.25, -0.2) is 0 Å². The molecular weight excluding hydrogens is 600 g/mol. The molecule has 3 rings (SSSR count). The van der Waals surface area contributed by atoms with Gasteiger partial charge in [-0.15, -0.1) is 0 Å². The van der Waals surface area contributed by atoms with E-state index in [4.69, 9.17) is 9.47 Å². The Morgan fingerprint density at radius 2 is 1.52 bits per heavy atom. The topological polar surface area (TPSA) is 96.4 Å². The van der Waals surface area contributed by atoms with Gasteiger partial charge < -0.3 is 19.7 Å². The summed E-state index contributed by atoms with van der Waals surface area (Å²) in [5.41, 5.74) is -0.397. The molecule has 0 spiro atoms. The van der Waals surface area contributed by atoms with Gasteiger partial charge in [-0.3, -0.25) is 9.59 Å². The number of aliphatic hydroxyl groups is 2. The van der Waals surface area contributed by atoms with E-state index in [1.807, 2.05) is 20.8 Å². The number of aliphatic hydroxyl groups excluding tert-OH is 1. The van der Waals surface area contributed by atoms with Crippen LogP contribution in [0.15, 0.2) is 47.6 Å². The first kappa shape index (κ1) is 40.4. The fraction of sp³-hybridized carbons (Fsp3) is 0.762. The number of carbonyl (C=O) groups excluding carboxylic acids is 2. The zero-order chi connectivity index (χ0) is 36.1. The molecular formula is C42H68O6. The Bertz CT molecular complexity index is 1230. The summed E-state index contributed by atoms with van der Waals surface area (Å²) < 4.78 is 11.7. The van der Waals surface area contributed by atoms with Gasteiger partial charge in [0, 0.05) is 26.2 Å². The van der Waals surface area contributed by atoms with Crippen molar-refractivity contribution < 1.29 is 29.3 Å². The predicted octanol–water partition coefficient (Wildman–Crippen LogP) is 9.39. The van der Waals surface area contributed by atoms with Gasteiger partial charge in [0.25, 0.3) is 0 Å². The number of ketones is 1. The highest BCUT2D eigenvalue weighted by atomic mass is 16.6. The Morgan fingerprint density at radius 3 is 2.12 bits per heavy atom. The van der Waals surface area contributed by atoms with E-state index >= 15 is 0 Å². The molecule has 0 radical (unpaired) electrons. The summed E-state index contributed by atoms with van der Waals surface area (Å²) in [6.07, 6.45) is 21.8. The third-order valence-electron chi connectivity index (χ3n) is 11.6. The van der Waals surface area contributed by atoms with E-state index in [1.165, 1.54) is 6.92 Å². The molecule has 6 nitrogen and oxygen atoms in total. The number of hydrogen-bond donors (Lipinski definition) is 2. The number of hydrogen-bond acceptors (Lipinski definition) is 6. The van der Waals surface area contributed by atoms with Crippen LogP contribution in [0.3, 0.4) is 0 Å². The average Bonchev–Trinajstić information content (AvgIpc) is 3.53. The minimum atomic E-state index is -0.974. The highest BCUT2D eigenvalue weighted by Crippen LogP contribution is 2.67. The lowest BCUT2D eigenvalue weighted by Crippen LogP contribution is -2.48. The summed E-state index contributed by atoms with van der Waals surface area (Å²) in [6, 6.07) is 0. The summed E-state index contributed by atoms with van der Waals surface area (Å²) >= 11 is 0. The smallest absolute Gasteiger partial charge is 0.302 e. The van der Waals surface area contributed by atoms with Gasteiger partial charge in [0.1, 0.15) is 11.7 Å². The van der Waals surface area contributed by atoms with Crippen molar-refractivity contribution in [2.24, 2.45) is 28.6 Å². The minimum absolute atomic E-state index is 0.164. The second kappa shape index (κ2) is 15.9. The summed E-state index contributed by atoms with van der Waals surface area (Å²) in [7, 11) is 0. The van der Waals surface area contributed by atoms with Crippen LogP contribution in [0.4, 0.5) is 0 Å². The minimum Gasteiger partial charge on any atom is -0.462 e. The van der Waals surface area contributed by atoms with Crippen LogP contribution in [-0.2, 0) is 19.1 Å². The number of epoxide rings is 1. The monoisotopic (exact) mass is 669 g/mol. The molecule has 2 N–H and O–H groups in total. The molecule has 1 saturated heterocycles. The number of allylic oxidation sites excluding steroid dienone is 7. The highest BCUT2D eigenvalue weighted by molar-refractivity contribution is 5.96. The Morgan fingerprint density at radius 1 is 0.896 bits per heavy atom. The second-order valence-electron chi connectivity index (χ2n) is 17.6. The van der Waals surface area contributed by atoms with E-state index in [1.54, 1.807) is 0 Å². The predicted molar refractivity (Wildman–Crippen MR) is 195 cm³/mol. The number of esters is 1. The molecule has 0 bridgehead atoms. The van der Waals surface area contributed by atoms with Crippen LogP contribution in [0.2, 0.25) is 0 Å². The van der Waals surface area contributed by atoms with Crippen molar-refractivity contribution in [2.45, 2.75) is 176 Å². The number of fused-ring (bicyclic) bond motifs is 1. The quantitative estimate of drug-likeness (QED) is 0.0736. The molecule has 0 aromatic rings. The Hall–Kier alpha value is -2.02. The van der Waals surface area contributed by atoms with E-state index in [9.17, 15) is 19.8 Å². The molecule has 48 heavy (non-hydrogen) atoms. The van der Waals surface area contributed by atoms with Gasteiger partial charge in [0.05, 0.1) is 17.3 Å². The fourth-order valence-corrected chi connectivity index (χ4v) is 8.89. The normalized spacial score (nSPS) is 34.2. The van der Waals surface area contributed by atoms with Gasteiger partial charge in [0.15, 0.2) is 5.78 Å². The number of carbonyl (C=O) groups is 2.